The molecule has 1 heterocycles. The monoisotopic (exact) mass is 292 g/mol. The first-order valence-corrected chi connectivity index (χ1v) is 7.35. The Morgan fingerprint density at radius 3 is 2.90 bits per heavy atom. The molecule has 0 radical (unpaired) electrons. The third kappa shape index (κ3) is 2.31. The first-order valence-electron chi connectivity index (χ1n) is 6.97. The number of fused-ring (bicyclic) bond motifs is 1. The first kappa shape index (κ1) is 13.5. The van der Waals surface area contributed by atoms with Crippen molar-refractivity contribution in [1.29, 1.82) is 0 Å². The van der Waals surface area contributed by atoms with Crippen LogP contribution in [0.4, 0.5) is 0 Å². The summed E-state index contributed by atoms with van der Waals surface area (Å²) in [5.74, 6) is 0.144. The van der Waals surface area contributed by atoms with E-state index in [1.165, 1.54) is 0 Å². The minimum absolute atomic E-state index is 0.0558. The fourth-order valence-corrected chi connectivity index (χ4v) is 3.44. The molecule has 0 aliphatic heterocycles. The standard InChI is InChI=1S/C16H17ClO3/c1-9-5-6-11(16(18)19)12(7-9)14-8-10-3-2-4-13(17)15(10)20-14/h2-4,8-9,11-12H,5-7H2,1H3,(H,18,19). The van der Waals surface area contributed by atoms with Crippen LogP contribution in [0.15, 0.2) is 28.7 Å². The van der Waals surface area contributed by atoms with E-state index in [2.05, 4.69) is 6.92 Å². The van der Waals surface area contributed by atoms with Crippen molar-refractivity contribution in [2.45, 2.75) is 32.1 Å². The Hall–Kier alpha value is -1.48. The van der Waals surface area contributed by atoms with Crippen LogP contribution in [0, 0.1) is 11.8 Å². The summed E-state index contributed by atoms with van der Waals surface area (Å²) in [4.78, 5) is 11.5. The maximum absolute atomic E-state index is 11.5. The quantitative estimate of drug-likeness (QED) is 0.873. The summed E-state index contributed by atoms with van der Waals surface area (Å²) in [6, 6.07) is 7.55. The summed E-state index contributed by atoms with van der Waals surface area (Å²) in [6.07, 6.45) is 2.54. The average molecular weight is 293 g/mol. The van der Waals surface area contributed by atoms with Crippen LogP contribution in [0.5, 0.6) is 0 Å². The zero-order valence-corrected chi connectivity index (χ0v) is 12.1. The molecule has 0 spiro atoms. The topological polar surface area (TPSA) is 50.4 Å². The Morgan fingerprint density at radius 2 is 2.20 bits per heavy atom. The van der Waals surface area contributed by atoms with E-state index >= 15 is 0 Å². The molecule has 1 fully saturated rings. The molecule has 3 nitrogen and oxygen atoms in total. The molecule has 20 heavy (non-hydrogen) atoms. The van der Waals surface area contributed by atoms with Gasteiger partial charge in [-0.15, -0.1) is 0 Å². The van der Waals surface area contributed by atoms with Crippen LogP contribution in [0.25, 0.3) is 11.0 Å². The molecule has 1 N–H and O–H groups in total. The summed E-state index contributed by atoms with van der Waals surface area (Å²) in [6.45, 7) is 2.17. The maximum atomic E-state index is 11.5. The predicted octanol–water partition coefficient (Wildman–Crippen LogP) is 4.69. The zero-order chi connectivity index (χ0) is 14.3. The van der Waals surface area contributed by atoms with Crippen molar-refractivity contribution in [2.75, 3.05) is 0 Å². The molecule has 1 aromatic carbocycles. The van der Waals surface area contributed by atoms with Crippen molar-refractivity contribution >= 4 is 28.5 Å². The number of carbonyl (C=O) groups is 1. The third-order valence-electron chi connectivity index (χ3n) is 4.31. The van der Waals surface area contributed by atoms with Gasteiger partial charge in [0.15, 0.2) is 5.58 Å². The molecule has 1 aliphatic rings. The van der Waals surface area contributed by atoms with Gasteiger partial charge < -0.3 is 9.52 Å². The Labute approximate surface area is 122 Å². The molecule has 3 rings (SSSR count). The van der Waals surface area contributed by atoms with Gasteiger partial charge in [-0.1, -0.05) is 30.7 Å². The number of carboxylic acid groups (broad SMARTS) is 1. The summed E-state index contributed by atoms with van der Waals surface area (Å²) >= 11 is 6.13. The lowest BCUT2D eigenvalue weighted by Gasteiger charge is -2.30. The van der Waals surface area contributed by atoms with Crippen molar-refractivity contribution < 1.29 is 14.3 Å². The molecule has 3 unspecified atom stereocenters. The minimum Gasteiger partial charge on any atom is -0.481 e. The Morgan fingerprint density at radius 1 is 1.40 bits per heavy atom. The second kappa shape index (κ2) is 5.13. The lowest BCUT2D eigenvalue weighted by atomic mass is 9.73. The van der Waals surface area contributed by atoms with Gasteiger partial charge in [-0.25, -0.2) is 0 Å². The molecule has 4 heteroatoms. The van der Waals surface area contributed by atoms with E-state index in [1.54, 1.807) is 6.07 Å². The summed E-state index contributed by atoms with van der Waals surface area (Å²) in [5.41, 5.74) is 0.659. The highest BCUT2D eigenvalue weighted by Gasteiger charge is 2.36. The number of aliphatic carboxylic acids is 1. The number of rotatable bonds is 2. The average Bonchev–Trinajstić information content (AvgIpc) is 2.83. The van der Waals surface area contributed by atoms with Gasteiger partial charge in [-0.2, -0.15) is 0 Å². The van der Waals surface area contributed by atoms with Crippen LogP contribution < -0.4 is 0 Å². The number of para-hydroxylation sites is 1. The molecule has 0 amide bonds. The lowest BCUT2D eigenvalue weighted by molar-refractivity contribution is -0.144. The Balaban J connectivity index is 2.02. The molecule has 1 aromatic heterocycles. The van der Waals surface area contributed by atoms with E-state index < -0.39 is 5.97 Å². The third-order valence-corrected chi connectivity index (χ3v) is 4.61. The second-order valence-corrected chi connectivity index (χ2v) is 6.18. The molecule has 2 aromatic rings. The highest BCUT2D eigenvalue weighted by molar-refractivity contribution is 6.34. The van der Waals surface area contributed by atoms with E-state index in [9.17, 15) is 9.90 Å². The van der Waals surface area contributed by atoms with Crippen molar-refractivity contribution in [3.63, 3.8) is 0 Å². The lowest BCUT2D eigenvalue weighted by Crippen LogP contribution is -2.28. The van der Waals surface area contributed by atoms with Crippen LogP contribution in [0.3, 0.4) is 0 Å². The van der Waals surface area contributed by atoms with Crippen molar-refractivity contribution in [3.8, 4) is 0 Å². The molecule has 106 valence electrons. The minimum atomic E-state index is -0.728. The van der Waals surface area contributed by atoms with Gasteiger partial charge in [-0.05, 0) is 37.3 Å². The number of benzene rings is 1. The Bertz CT molecular complexity index is 646. The summed E-state index contributed by atoms with van der Waals surface area (Å²) in [7, 11) is 0. The van der Waals surface area contributed by atoms with Gasteiger partial charge in [0.05, 0.1) is 10.9 Å². The largest absolute Gasteiger partial charge is 0.481 e. The number of carboxylic acids is 1. The molecule has 0 bridgehead atoms. The van der Waals surface area contributed by atoms with Crippen molar-refractivity contribution in [3.05, 3.63) is 35.0 Å². The Kier molecular flexibility index (Phi) is 3.47. The van der Waals surface area contributed by atoms with Crippen molar-refractivity contribution in [2.24, 2.45) is 11.8 Å². The van der Waals surface area contributed by atoms with Gasteiger partial charge in [0.1, 0.15) is 5.76 Å². The van der Waals surface area contributed by atoms with Crippen molar-refractivity contribution in [1.82, 2.24) is 0 Å². The normalized spacial score (nSPS) is 26.8. The molecule has 1 aliphatic carbocycles. The number of halogens is 1. The van der Waals surface area contributed by atoms with Crippen LogP contribution >= 0.6 is 11.6 Å². The fraction of sp³-hybridized carbons (Fsp3) is 0.438. The van der Waals surface area contributed by atoms with Gasteiger partial charge in [0.25, 0.3) is 0 Å². The van der Waals surface area contributed by atoms with Gasteiger partial charge in [0.2, 0.25) is 0 Å². The summed E-state index contributed by atoms with van der Waals surface area (Å²) < 4.78 is 5.87. The van der Waals surface area contributed by atoms with E-state index in [4.69, 9.17) is 16.0 Å². The number of furan rings is 1. The maximum Gasteiger partial charge on any atom is 0.307 e. The van der Waals surface area contributed by atoms with Crippen LogP contribution in [-0.2, 0) is 4.79 Å². The predicted molar refractivity (Wildman–Crippen MR) is 78.1 cm³/mol. The first-order chi connectivity index (χ1) is 9.56. The van der Waals surface area contributed by atoms with E-state index in [-0.39, 0.29) is 11.8 Å². The van der Waals surface area contributed by atoms with E-state index in [0.717, 1.165) is 24.0 Å². The van der Waals surface area contributed by atoms with Crippen LogP contribution in [0.2, 0.25) is 5.02 Å². The molecule has 3 atom stereocenters. The summed E-state index contributed by atoms with van der Waals surface area (Å²) in [5, 5.41) is 10.9. The molecule has 1 saturated carbocycles. The van der Waals surface area contributed by atoms with Gasteiger partial charge >= 0.3 is 5.97 Å². The molecular formula is C16H17ClO3. The number of hydrogen-bond acceptors (Lipinski definition) is 2. The second-order valence-electron chi connectivity index (χ2n) is 5.78. The number of hydrogen-bond donors (Lipinski definition) is 1. The fourth-order valence-electron chi connectivity index (χ4n) is 3.22. The van der Waals surface area contributed by atoms with Crippen LogP contribution in [-0.4, -0.2) is 11.1 Å². The SMILES string of the molecule is CC1CCC(C(=O)O)C(c2cc3cccc(Cl)c3o2)C1. The van der Waals surface area contributed by atoms with Gasteiger partial charge in [0, 0.05) is 11.3 Å². The molecular weight excluding hydrogens is 276 g/mol. The highest BCUT2D eigenvalue weighted by Crippen LogP contribution is 2.43. The van der Waals surface area contributed by atoms with E-state index in [0.29, 0.717) is 22.9 Å². The van der Waals surface area contributed by atoms with Crippen LogP contribution in [0.1, 0.15) is 37.9 Å². The molecule has 0 saturated heterocycles. The van der Waals surface area contributed by atoms with Gasteiger partial charge in [-0.3, -0.25) is 4.79 Å². The smallest absolute Gasteiger partial charge is 0.307 e. The highest BCUT2D eigenvalue weighted by atomic mass is 35.5. The van der Waals surface area contributed by atoms with E-state index in [1.807, 2.05) is 18.2 Å². The zero-order valence-electron chi connectivity index (χ0n) is 11.3.